The lowest BCUT2D eigenvalue weighted by Crippen LogP contribution is -2.54. The molecule has 0 spiro atoms. The van der Waals surface area contributed by atoms with Gasteiger partial charge in [0.1, 0.15) is 6.54 Å². The predicted molar refractivity (Wildman–Crippen MR) is 147 cm³/mol. The lowest BCUT2D eigenvalue weighted by atomic mass is 9.89. The number of rotatable bonds is 7. The van der Waals surface area contributed by atoms with E-state index in [0.717, 1.165) is 17.0 Å². The Bertz CT molecular complexity index is 1620. The summed E-state index contributed by atoms with van der Waals surface area (Å²) in [4.78, 5) is 47.4. The zero-order chi connectivity index (χ0) is 32.9. The van der Waals surface area contributed by atoms with Crippen LogP contribution in [0.3, 0.4) is 0 Å². The molecule has 0 bridgehead atoms. The van der Waals surface area contributed by atoms with Gasteiger partial charge < -0.3 is 24.6 Å². The first-order valence-corrected chi connectivity index (χ1v) is 14.0. The van der Waals surface area contributed by atoms with E-state index >= 15 is 0 Å². The minimum Gasteiger partial charge on any atom is -0.463 e. The van der Waals surface area contributed by atoms with Gasteiger partial charge in [-0.1, -0.05) is 25.5 Å². The second kappa shape index (κ2) is 11.2. The maximum atomic E-state index is 13.5. The number of piperazine rings is 1. The number of benzene rings is 1. The van der Waals surface area contributed by atoms with E-state index in [4.69, 9.17) is 4.42 Å². The molecule has 2 aliphatic heterocycles. The van der Waals surface area contributed by atoms with Gasteiger partial charge in [-0.2, -0.15) is 26.3 Å². The quantitative estimate of drug-likeness (QED) is 0.293. The van der Waals surface area contributed by atoms with Crippen LogP contribution < -0.4 is 10.2 Å². The monoisotopic (exact) mass is 641 g/mol. The Balaban J connectivity index is 1.27. The Labute approximate surface area is 252 Å². The molecule has 4 amide bonds. The van der Waals surface area contributed by atoms with Crippen molar-refractivity contribution in [1.29, 1.82) is 0 Å². The van der Waals surface area contributed by atoms with Crippen LogP contribution in [0.15, 0.2) is 47.2 Å². The Morgan fingerprint density at radius 2 is 1.71 bits per heavy atom. The van der Waals surface area contributed by atoms with Crippen LogP contribution in [0.4, 0.5) is 36.8 Å². The van der Waals surface area contributed by atoms with Crippen LogP contribution in [0.25, 0.3) is 11.0 Å². The molecule has 1 aromatic carbocycles. The van der Waals surface area contributed by atoms with E-state index in [9.17, 15) is 45.8 Å². The van der Waals surface area contributed by atoms with Crippen molar-refractivity contribution in [3.63, 3.8) is 0 Å². The van der Waals surface area contributed by atoms with Crippen molar-refractivity contribution in [3.8, 4) is 0 Å². The van der Waals surface area contributed by atoms with Gasteiger partial charge in [0.05, 0.1) is 18.2 Å². The van der Waals surface area contributed by atoms with Gasteiger partial charge in [0.15, 0.2) is 11.1 Å². The molecule has 1 atom stereocenters. The van der Waals surface area contributed by atoms with Crippen molar-refractivity contribution in [3.05, 3.63) is 59.6 Å². The maximum Gasteiger partial charge on any atom is 0.430 e. The summed E-state index contributed by atoms with van der Waals surface area (Å²) in [6.07, 6.45) is -8.58. The number of fused-ring (bicyclic) bond motifs is 1. The molecule has 2 aromatic heterocycles. The number of furan rings is 1. The maximum absolute atomic E-state index is 13.5. The van der Waals surface area contributed by atoms with Crippen LogP contribution in [-0.2, 0) is 27.1 Å². The molecule has 2 aliphatic rings. The molecule has 10 nitrogen and oxygen atoms in total. The fraction of sp³-hybridized carbons (Fsp3) is 0.448. The molecule has 242 valence electrons. The average Bonchev–Trinajstić information content (AvgIpc) is 3.54. The highest BCUT2D eigenvalue weighted by Gasteiger charge is 2.71. The summed E-state index contributed by atoms with van der Waals surface area (Å²) in [5.74, 6) is -1.19. The Kier molecular flexibility index (Phi) is 8.00. The van der Waals surface area contributed by atoms with Gasteiger partial charge in [0.25, 0.3) is 11.5 Å². The number of hydrogen-bond donors (Lipinski definition) is 2. The number of anilines is 1. The van der Waals surface area contributed by atoms with Gasteiger partial charge in [-0.25, -0.2) is 4.79 Å². The fourth-order valence-electron chi connectivity index (χ4n) is 5.66. The number of aliphatic hydroxyl groups is 1. The molecule has 2 fully saturated rings. The molecule has 16 heteroatoms. The topological polar surface area (TPSA) is 119 Å². The SMILES string of the molecule is CCCc1cc(C(O)(C(F)(F)F)C(F)(F)F)ccc1N1CCN(C(=O)CN2C(=O)NC(C)(c3cc4ccoc4cn3)C2=O)CC1. The summed E-state index contributed by atoms with van der Waals surface area (Å²) in [6, 6.07) is 4.96. The summed E-state index contributed by atoms with van der Waals surface area (Å²) in [5.41, 5.74) is -6.57. The summed E-state index contributed by atoms with van der Waals surface area (Å²) < 4.78 is 86.1. The normalized spacial score (nSPS) is 19.9. The molecular weight excluding hydrogens is 612 g/mol. The zero-order valence-electron chi connectivity index (χ0n) is 24.1. The van der Waals surface area contributed by atoms with E-state index in [1.165, 1.54) is 24.3 Å². The minimum absolute atomic E-state index is 0.112. The number of hydrogen-bond acceptors (Lipinski definition) is 7. The number of pyridine rings is 1. The largest absolute Gasteiger partial charge is 0.463 e. The number of aryl methyl sites for hydroxylation is 1. The number of amides is 4. The molecule has 3 aromatic rings. The molecule has 0 radical (unpaired) electrons. The number of nitrogens with one attached hydrogen (secondary N) is 1. The van der Waals surface area contributed by atoms with Crippen molar-refractivity contribution in [2.75, 3.05) is 37.6 Å². The molecule has 2 saturated heterocycles. The number of carbonyl (C=O) groups is 3. The van der Waals surface area contributed by atoms with Gasteiger partial charge in [-0.3, -0.25) is 19.5 Å². The lowest BCUT2D eigenvalue weighted by Gasteiger charge is -2.38. The van der Waals surface area contributed by atoms with Crippen molar-refractivity contribution >= 4 is 34.5 Å². The number of imide groups is 1. The first-order valence-electron chi connectivity index (χ1n) is 14.0. The van der Waals surface area contributed by atoms with Gasteiger partial charge in [0.2, 0.25) is 5.91 Å². The fourth-order valence-corrected chi connectivity index (χ4v) is 5.66. The van der Waals surface area contributed by atoms with Crippen molar-refractivity contribution < 1.29 is 50.2 Å². The molecular formula is C29H29F6N5O5. The van der Waals surface area contributed by atoms with E-state index in [0.29, 0.717) is 29.1 Å². The molecule has 2 N–H and O–H groups in total. The van der Waals surface area contributed by atoms with Gasteiger partial charge >= 0.3 is 18.4 Å². The summed E-state index contributed by atoms with van der Waals surface area (Å²) in [7, 11) is 0. The third-order valence-corrected chi connectivity index (χ3v) is 8.23. The van der Waals surface area contributed by atoms with Crippen molar-refractivity contribution in [1.82, 2.24) is 20.1 Å². The number of nitrogens with zero attached hydrogens (tertiary/aromatic N) is 4. The smallest absolute Gasteiger partial charge is 0.430 e. The highest BCUT2D eigenvalue weighted by atomic mass is 19.4. The summed E-state index contributed by atoms with van der Waals surface area (Å²) >= 11 is 0. The van der Waals surface area contributed by atoms with Crippen LogP contribution in [0.1, 0.15) is 37.1 Å². The Morgan fingerprint density at radius 3 is 2.33 bits per heavy atom. The average molecular weight is 642 g/mol. The molecule has 0 saturated carbocycles. The number of alkyl halides is 6. The van der Waals surface area contributed by atoms with Gasteiger partial charge in [-0.05, 0) is 37.1 Å². The zero-order valence-corrected chi connectivity index (χ0v) is 24.1. The van der Waals surface area contributed by atoms with E-state index < -0.39 is 53.4 Å². The number of carbonyl (C=O) groups excluding carboxylic acids is 3. The molecule has 1 unspecified atom stereocenters. The number of urea groups is 1. The molecule has 4 heterocycles. The first-order chi connectivity index (χ1) is 21.0. The highest BCUT2D eigenvalue weighted by molar-refractivity contribution is 6.09. The minimum atomic E-state index is -6.00. The summed E-state index contributed by atoms with van der Waals surface area (Å²) in [6.45, 7) is 3.22. The van der Waals surface area contributed by atoms with Crippen LogP contribution >= 0.6 is 0 Å². The number of halogens is 6. The van der Waals surface area contributed by atoms with Crippen molar-refractivity contribution in [2.24, 2.45) is 0 Å². The van der Waals surface area contributed by atoms with E-state index in [-0.39, 0.29) is 43.9 Å². The standard InChI is InChI=1S/C29H29F6N5O5/c1-3-4-17-13-19(27(44,28(30,31)32)29(33,34)35)5-6-20(17)38-8-10-39(11-9-38)23(41)16-40-24(42)26(2,37-25(40)43)22-14-18-7-12-45-21(18)15-36-22/h5-7,12-15,44H,3-4,8-11,16H2,1-2H3,(H,37,43). The van der Waals surface area contributed by atoms with Gasteiger partial charge in [-0.15, -0.1) is 0 Å². The van der Waals surface area contributed by atoms with E-state index in [2.05, 4.69) is 10.3 Å². The molecule has 5 rings (SSSR count). The van der Waals surface area contributed by atoms with Crippen LogP contribution in [0.2, 0.25) is 0 Å². The second-order valence-corrected chi connectivity index (χ2v) is 11.1. The van der Waals surface area contributed by atoms with Crippen LogP contribution in [0, 0.1) is 0 Å². The number of aromatic nitrogens is 1. The second-order valence-electron chi connectivity index (χ2n) is 11.1. The van der Waals surface area contributed by atoms with Crippen LogP contribution in [-0.4, -0.2) is 82.8 Å². The van der Waals surface area contributed by atoms with E-state index in [1.807, 2.05) is 0 Å². The first kappa shape index (κ1) is 32.1. The summed E-state index contributed by atoms with van der Waals surface area (Å²) in [5, 5.41) is 13.1. The Morgan fingerprint density at radius 1 is 1.04 bits per heavy atom. The van der Waals surface area contributed by atoms with Crippen LogP contribution in [0.5, 0.6) is 0 Å². The van der Waals surface area contributed by atoms with Crippen molar-refractivity contribution in [2.45, 2.75) is 50.2 Å². The Hall–Kier alpha value is -4.34. The lowest BCUT2D eigenvalue weighted by molar-refractivity contribution is -0.376. The molecule has 45 heavy (non-hydrogen) atoms. The highest BCUT2D eigenvalue weighted by Crippen LogP contribution is 2.50. The van der Waals surface area contributed by atoms with E-state index in [1.54, 1.807) is 24.0 Å². The third-order valence-electron chi connectivity index (χ3n) is 8.23. The van der Waals surface area contributed by atoms with Gasteiger partial charge in [0, 0.05) is 42.8 Å². The third kappa shape index (κ3) is 5.44. The molecule has 0 aliphatic carbocycles. The predicted octanol–water partition coefficient (Wildman–Crippen LogP) is 4.21.